The first-order chi connectivity index (χ1) is 20.0. The fourth-order valence-electron chi connectivity index (χ4n) is 5.51. The van der Waals surface area contributed by atoms with Crippen LogP contribution in [0.5, 0.6) is 0 Å². The number of aliphatic imine (C=N–C) groups is 1. The van der Waals surface area contributed by atoms with Crippen LogP contribution in [0.3, 0.4) is 0 Å². The molecule has 1 spiro atoms. The molecule has 3 aromatic rings. The van der Waals surface area contributed by atoms with Crippen LogP contribution in [-0.2, 0) is 11.3 Å². The smallest absolute Gasteiger partial charge is 0.256 e. The molecule has 0 radical (unpaired) electrons. The summed E-state index contributed by atoms with van der Waals surface area (Å²) >= 11 is 3.24. The standard InChI is InChI=1S/C32H41N5O2S2/c1-5-7-14-29-33-32(17-10-11-18-32)31(38)37(29)21-24-15-16-25(27(20-24)35-40-19-6-2)26-12-8-9-13-28(26)41-36-30-22(3)23(4)34-39-30/h8-9,12-13,15-16,20,35-36H,5-7,10-11,14,17-19,21H2,1-4H3. The molecule has 218 valence electrons. The Morgan fingerprint density at radius 2 is 1.83 bits per heavy atom. The van der Waals surface area contributed by atoms with E-state index in [1.165, 1.54) is 11.9 Å². The number of carbonyl (C=O) groups is 1. The molecular formula is C32H41N5O2S2. The van der Waals surface area contributed by atoms with Gasteiger partial charge in [0.05, 0.1) is 17.9 Å². The van der Waals surface area contributed by atoms with Gasteiger partial charge in [-0.1, -0.05) is 80.5 Å². The van der Waals surface area contributed by atoms with Crippen LogP contribution in [0.1, 0.15) is 82.0 Å². The molecule has 41 heavy (non-hydrogen) atoms. The maximum Gasteiger partial charge on any atom is 0.256 e. The van der Waals surface area contributed by atoms with Crippen LogP contribution in [0.2, 0.25) is 0 Å². The zero-order valence-electron chi connectivity index (χ0n) is 24.6. The third-order valence-electron chi connectivity index (χ3n) is 7.98. The predicted molar refractivity (Wildman–Crippen MR) is 172 cm³/mol. The molecule has 9 heteroatoms. The second kappa shape index (κ2) is 13.4. The van der Waals surface area contributed by atoms with E-state index in [9.17, 15) is 4.79 Å². The molecule has 0 atom stereocenters. The van der Waals surface area contributed by atoms with Crippen LogP contribution in [0.25, 0.3) is 11.1 Å². The summed E-state index contributed by atoms with van der Waals surface area (Å²) in [4.78, 5) is 21.9. The van der Waals surface area contributed by atoms with Gasteiger partial charge in [-0.05, 0) is 74.7 Å². The van der Waals surface area contributed by atoms with Crippen molar-refractivity contribution in [2.45, 2.75) is 96.0 Å². The van der Waals surface area contributed by atoms with E-state index >= 15 is 0 Å². The average molecular weight is 592 g/mol. The van der Waals surface area contributed by atoms with Crippen molar-refractivity contribution >= 4 is 47.2 Å². The minimum Gasteiger partial charge on any atom is -0.337 e. The lowest BCUT2D eigenvalue weighted by atomic mass is 9.97. The van der Waals surface area contributed by atoms with E-state index in [0.29, 0.717) is 12.4 Å². The van der Waals surface area contributed by atoms with Crippen molar-refractivity contribution in [1.82, 2.24) is 10.1 Å². The van der Waals surface area contributed by atoms with E-state index < -0.39 is 5.54 Å². The SMILES string of the molecule is CCCCC1=NC2(CCCC2)C(=O)N1Cc1ccc(-c2ccccc2SNc2onc(C)c2C)c(NSCCC)c1. The van der Waals surface area contributed by atoms with E-state index in [1.807, 2.05) is 24.8 Å². The lowest BCUT2D eigenvalue weighted by Crippen LogP contribution is -2.40. The molecule has 7 nitrogen and oxygen atoms in total. The highest BCUT2D eigenvalue weighted by Crippen LogP contribution is 2.41. The zero-order valence-corrected chi connectivity index (χ0v) is 26.2. The molecule has 1 aliphatic heterocycles. The lowest BCUT2D eigenvalue weighted by Gasteiger charge is -2.23. The van der Waals surface area contributed by atoms with Crippen molar-refractivity contribution in [3.8, 4) is 11.1 Å². The number of nitrogens with one attached hydrogen (secondary N) is 2. The van der Waals surface area contributed by atoms with Crippen LogP contribution in [0.4, 0.5) is 11.6 Å². The summed E-state index contributed by atoms with van der Waals surface area (Å²) in [6.45, 7) is 8.88. The normalized spacial score (nSPS) is 16.0. The van der Waals surface area contributed by atoms with Gasteiger partial charge in [-0.2, -0.15) is 0 Å². The molecule has 1 saturated carbocycles. The number of aryl methyl sites for hydroxylation is 1. The van der Waals surface area contributed by atoms with E-state index in [2.05, 4.69) is 64.8 Å². The van der Waals surface area contributed by atoms with E-state index in [4.69, 9.17) is 9.52 Å². The van der Waals surface area contributed by atoms with Gasteiger partial charge in [0, 0.05) is 28.2 Å². The maximum absolute atomic E-state index is 13.7. The summed E-state index contributed by atoms with van der Waals surface area (Å²) in [6.07, 6.45) is 8.02. The van der Waals surface area contributed by atoms with Gasteiger partial charge in [-0.3, -0.25) is 19.4 Å². The minimum atomic E-state index is -0.509. The fourth-order valence-corrected chi connectivity index (χ4v) is 6.97. The number of rotatable bonds is 13. The second-order valence-electron chi connectivity index (χ2n) is 11.0. The van der Waals surface area contributed by atoms with Crippen molar-refractivity contribution in [1.29, 1.82) is 0 Å². The summed E-state index contributed by atoms with van der Waals surface area (Å²) in [5, 5.41) is 4.07. The van der Waals surface area contributed by atoms with Crippen molar-refractivity contribution in [2.75, 3.05) is 15.2 Å². The Morgan fingerprint density at radius 3 is 2.56 bits per heavy atom. The molecule has 1 fully saturated rings. The highest BCUT2D eigenvalue weighted by molar-refractivity contribution is 8.00. The molecule has 2 N–H and O–H groups in total. The maximum atomic E-state index is 13.7. The van der Waals surface area contributed by atoms with Gasteiger partial charge in [0.1, 0.15) is 11.4 Å². The number of nitrogens with zero attached hydrogens (tertiary/aromatic N) is 3. The van der Waals surface area contributed by atoms with Gasteiger partial charge in [-0.15, -0.1) is 0 Å². The number of hydrogen-bond donors (Lipinski definition) is 2. The van der Waals surface area contributed by atoms with Crippen molar-refractivity contribution in [2.24, 2.45) is 4.99 Å². The van der Waals surface area contributed by atoms with Gasteiger partial charge >= 0.3 is 0 Å². The van der Waals surface area contributed by atoms with Crippen LogP contribution in [-0.4, -0.2) is 33.1 Å². The zero-order chi connectivity index (χ0) is 28.8. The number of amides is 1. The van der Waals surface area contributed by atoms with E-state index in [0.717, 1.165) is 101 Å². The Balaban J connectivity index is 1.42. The van der Waals surface area contributed by atoms with Crippen molar-refractivity contribution in [3.05, 3.63) is 59.3 Å². The van der Waals surface area contributed by atoms with Crippen molar-refractivity contribution in [3.63, 3.8) is 0 Å². The Morgan fingerprint density at radius 1 is 1.02 bits per heavy atom. The number of carbonyl (C=O) groups excluding carboxylic acids is 1. The predicted octanol–water partition coefficient (Wildman–Crippen LogP) is 8.79. The summed E-state index contributed by atoms with van der Waals surface area (Å²) in [5.41, 5.74) is 5.78. The van der Waals surface area contributed by atoms with Gasteiger partial charge < -0.3 is 9.25 Å². The van der Waals surface area contributed by atoms with Crippen LogP contribution in [0.15, 0.2) is 56.9 Å². The van der Waals surface area contributed by atoms with Gasteiger partial charge in [0.25, 0.3) is 5.91 Å². The number of unbranched alkanes of at least 4 members (excludes halogenated alkanes) is 1. The number of aromatic nitrogens is 1. The Kier molecular flexibility index (Phi) is 9.65. The number of hydrogen-bond acceptors (Lipinski definition) is 8. The molecule has 0 bridgehead atoms. The first kappa shape index (κ1) is 29.6. The summed E-state index contributed by atoms with van der Waals surface area (Å²) in [5.74, 6) is 2.85. The molecule has 1 amide bonds. The molecule has 0 saturated heterocycles. The third-order valence-corrected chi connectivity index (χ3v) is 9.82. The largest absolute Gasteiger partial charge is 0.337 e. The monoisotopic (exact) mass is 591 g/mol. The highest BCUT2D eigenvalue weighted by Gasteiger charge is 2.49. The molecule has 1 aromatic heterocycles. The van der Waals surface area contributed by atoms with Gasteiger partial charge in [0.15, 0.2) is 0 Å². The molecule has 2 heterocycles. The summed E-state index contributed by atoms with van der Waals surface area (Å²) in [7, 11) is 0. The summed E-state index contributed by atoms with van der Waals surface area (Å²) < 4.78 is 12.4. The molecule has 0 unspecified atom stereocenters. The average Bonchev–Trinajstić information content (AvgIpc) is 3.66. The van der Waals surface area contributed by atoms with Crippen molar-refractivity contribution < 1.29 is 9.32 Å². The molecule has 2 aliphatic rings. The van der Waals surface area contributed by atoms with Gasteiger partial charge in [0.2, 0.25) is 5.88 Å². The molecule has 2 aromatic carbocycles. The number of amidine groups is 1. The Labute approximate surface area is 252 Å². The van der Waals surface area contributed by atoms with Crippen LogP contribution in [0, 0.1) is 13.8 Å². The minimum absolute atomic E-state index is 0.200. The molecule has 5 rings (SSSR count). The van der Waals surface area contributed by atoms with Crippen LogP contribution >= 0.6 is 23.9 Å². The number of anilines is 2. The Bertz CT molecular complexity index is 1400. The fraction of sp³-hybridized carbons (Fsp3) is 0.469. The molecule has 1 aliphatic carbocycles. The topological polar surface area (TPSA) is 82.8 Å². The number of benzene rings is 2. The third kappa shape index (κ3) is 6.46. The lowest BCUT2D eigenvalue weighted by molar-refractivity contribution is -0.131. The molecular weight excluding hydrogens is 551 g/mol. The van der Waals surface area contributed by atoms with E-state index in [1.54, 1.807) is 11.9 Å². The summed E-state index contributed by atoms with van der Waals surface area (Å²) in [6, 6.07) is 14.9. The van der Waals surface area contributed by atoms with Gasteiger partial charge in [-0.25, -0.2) is 0 Å². The first-order valence-corrected chi connectivity index (χ1v) is 16.6. The quantitative estimate of drug-likeness (QED) is 0.152. The first-order valence-electron chi connectivity index (χ1n) is 14.8. The van der Waals surface area contributed by atoms with E-state index in [-0.39, 0.29) is 5.91 Å². The highest BCUT2D eigenvalue weighted by atomic mass is 32.2. The Hall–Kier alpha value is -2.91. The van der Waals surface area contributed by atoms with Crippen LogP contribution < -0.4 is 9.44 Å². The second-order valence-corrected chi connectivity index (χ2v) is 12.8.